The molecule has 1 aliphatic rings. The third-order valence-electron chi connectivity index (χ3n) is 5.88. The van der Waals surface area contributed by atoms with Crippen LogP contribution in [0.25, 0.3) is 0 Å². The zero-order valence-electron chi connectivity index (χ0n) is 20.1. The first kappa shape index (κ1) is 24.7. The molecule has 3 aromatic carbocycles. The summed E-state index contributed by atoms with van der Waals surface area (Å²) in [6.07, 6.45) is -0.591. The number of hydrogen-bond donors (Lipinski definition) is 2. The number of amides is 1. The zero-order chi connectivity index (χ0) is 24.5. The number of hydrogen-bond acceptors (Lipinski definition) is 6. The number of para-hydroxylation sites is 1. The summed E-state index contributed by atoms with van der Waals surface area (Å²) in [6, 6.07) is 24.8. The topological polar surface area (TPSA) is 74.3 Å². The van der Waals surface area contributed by atoms with Gasteiger partial charge in [-0.05, 0) is 55.5 Å². The summed E-state index contributed by atoms with van der Waals surface area (Å²) >= 11 is 0. The number of piperazine rings is 1. The molecule has 0 unspecified atom stereocenters. The number of benzene rings is 3. The van der Waals surface area contributed by atoms with Crippen LogP contribution in [0.3, 0.4) is 0 Å². The molecule has 4 rings (SSSR count). The summed E-state index contributed by atoms with van der Waals surface area (Å²) in [5, 5.41) is 13.4. The fourth-order valence-electron chi connectivity index (χ4n) is 3.94. The van der Waals surface area contributed by atoms with Crippen molar-refractivity contribution in [2.45, 2.75) is 13.0 Å². The highest BCUT2D eigenvalue weighted by molar-refractivity contribution is 5.92. The quantitative estimate of drug-likeness (QED) is 0.465. The van der Waals surface area contributed by atoms with Crippen molar-refractivity contribution in [2.24, 2.45) is 0 Å². The molecule has 0 radical (unpaired) electrons. The Labute approximate surface area is 206 Å². The van der Waals surface area contributed by atoms with Gasteiger partial charge in [0.1, 0.15) is 30.0 Å². The molecule has 7 nitrogen and oxygen atoms in total. The summed E-state index contributed by atoms with van der Waals surface area (Å²) in [5.74, 6) is 2.20. The highest BCUT2D eigenvalue weighted by atomic mass is 16.5. The second-order valence-electron chi connectivity index (χ2n) is 8.84. The molecule has 184 valence electrons. The predicted molar refractivity (Wildman–Crippen MR) is 137 cm³/mol. The van der Waals surface area contributed by atoms with E-state index in [2.05, 4.69) is 15.1 Å². The van der Waals surface area contributed by atoms with E-state index in [9.17, 15) is 9.90 Å². The standard InChI is InChI=1S/C28H33N3O4/c1-22-7-9-23(10-8-22)29-28(33)20-31-17-15-30(16-18-31)19-24(32)21-34-25-11-13-27(14-12-25)35-26-5-3-2-4-6-26/h2-14,24,32H,15-21H2,1H3,(H,29,33)/t24-/m0/s1. The minimum absolute atomic E-state index is 0.00377. The molecule has 35 heavy (non-hydrogen) atoms. The van der Waals surface area contributed by atoms with Crippen LogP contribution in [0, 0.1) is 6.92 Å². The van der Waals surface area contributed by atoms with Crippen LogP contribution in [0.4, 0.5) is 5.69 Å². The van der Waals surface area contributed by atoms with Gasteiger partial charge in [0.2, 0.25) is 5.91 Å². The number of nitrogens with zero attached hydrogens (tertiary/aromatic N) is 2. The Morgan fingerprint density at radius 3 is 2.14 bits per heavy atom. The van der Waals surface area contributed by atoms with Gasteiger partial charge in [-0.3, -0.25) is 14.6 Å². The molecular weight excluding hydrogens is 442 g/mol. The van der Waals surface area contributed by atoms with Gasteiger partial charge in [0.05, 0.1) is 6.54 Å². The number of nitrogens with one attached hydrogen (secondary N) is 1. The van der Waals surface area contributed by atoms with Crippen molar-refractivity contribution < 1.29 is 19.4 Å². The Bertz CT molecular complexity index is 1050. The molecule has 7 heteroatoms. The smallest absolute Gasteiger partial charge is 0.238 e. The number of anilines is 1. The van der Waals surface area contributed by atoms with Gasteiger partial charge in [-0.25, -0.2) is 0 Å². The molecule has 0 bridgehead atoms. The lowest BCUT2D eigenvalue weighted by atomic mass is 10.2. The average molecular weight is 476 g/mol. The van der Waals surface area contributed by atoms with Crippen LogP contribution < -0.4 is 14.8 Å². The Kier molecular flexibility index (Phi) is 8.73. The van der Waals surface area contributed by atoms with E-state index in [0.29, 0.717) is 18.8 Å². The normalized spacial score (nSPS) is 15.4. The van der Waals surface area contributed by atoms with E-state index in [0.717, 1.165) is 48.9 Å². The molecule has 1 atom stereocenters. The largest absolute Gasteiger partial charge is 0.491 e. The lowest BCUT2D eigenvalue weighted by Gasteiger charge is -2.35. The van der Waals surface area contributed by atoms with Crippen LogP contribution in [0.2, 0.25) is 0 Å². The summed E-state index contributed by atoms with van der Waals surface area (Å²) in [7, 11) is 0. The van der Waals surface area contributed by atoms with Crippen LogP contribution in [0.1, 0.15) is 5.56 Å². The maximum atomic E-state index is 12.3. The second-order valence-corrected chi connectivity index (χ2v) is 8.84. The third-order valence-corrected chi connectivity index (χ3v) is 5.88. The molecule has 0 aromatic heterocycles. The molecule has 0 spiro atoms. The number of aryl methyl sites for hydroxylation is 1. The van der Waals surface area contributed by atoms with Crippen LogP contribution >= 0.6 is 0 Å². The Balaban J connectivity index is 1.12. The number of aliphatic hydroxyl groups is 1. The SMILES string of the molecule is Cc1ccc(NC(=O)CN2CCN(C[C@H](O)COc3ccc(Oc4ccccc4)cc3)CC2)cc1. The maximum absolute atomic E-state index is 12.3. The van der Waals surface area contributed by atoms with Gasteiger partial charge < -0.3 is 19.9 Å². The predicted octanol–water partition coefficient (Wildman–Crippen LogP) is 3.78. The molecule has 1 fully saturated rings. The van der Waals surface area contributed by atoms with E-state index in [1.54, 1.807) is 0 Å². The number of aliphatic hydroxyl groups excluding tert-OH is 1. The van der Waals surface area contributed by atoms with E-state index in [4.69, 9.17) is 9.47 Å². The van der Waals surface area contributed by atoms with Crippen molar-refractivity contribution >= 4 is 11.6 Å². The van der Waals surface area contributed by atoms with Gasteiger partial charge in [0.15, 0.2) is 0 Å². The minimum atomic E-state index is -0.591. The van der Waals surface area contributed by atoms with Gasteiger partial charge >= 0.3 is 0 Å². The molecule has 0 aliphatic carbocycles. The van der Waals surface area contributed by atoms with Crippen molar-refractivity contribution in [1.29, 1.82) is 0 Å². The molecule has 3 aromatic rings. The van der Waals surface area contributed by atoms with Gasteiger partial charge in [-0.1, -0.05) is 35.9 Å². The summed E-state index contributed by atoms with van der Waals surface area (Å²) in [6.45, 7) is 6.35. The lowest BCUT2D eigenvalue weighted by Crippen LogP contribution is -2.50. The molecule has 1 heterocycles. The van der Waals surface area contributed by atoms with E-state index in [1.165, 1.54) is 0 Å². The molecular formula is C28H33N3O4. The van der Waals surface area contributed by atoms with Crippen molar-refractivity contribution in [3.05, 3.63) is 84.4 Å². The summed E-state index contributed by atoms with van der Waals surface area (Å²) < 4.78 is 11.5. The lowest BCUT2D eigenvalue weighted by molar-refractivity contribution is -0.117. The number of ether oxygens (including phenoxy) is 2. The van der Waals surface area contributed by atoms with Crippen molar-refractivity contribution in [1.82, 2.24) is 9.80 Å². The monoisotopic (exact) mass is 475 g/mol. The highest BCUT2D eigenvalue weighted by Crippen LogP contribution is 2.23. The molecule has 1 saturated heterocycles. The molecule has 1 amide bonds. The fourth-order valence-corrected chi connectivity index (χ4v) is 3.94. The number of carbonyl (C=O) groups excluding carboxylic acids is 1. The van der Waals surface area contributed by atoms with Gasteiger partial charge in [0.25, 0.3) is 0 Å². The van der Waals surface area contributed by atoms with Gasteiger partial charge in [-0.2, -0.15) is 0 Å². The maximum Gasteiger partial charge on any atom is 0.238 e. The van der Waals surface area contributed by atoms with Gasteiger partial charge in [-0.15, -0.1) is 0 Å². The van der Waals surface area contributed by atoms with E-state index in [1.807, 2.05) is 85.8 Å². The van der Waals surface area contributed by atoms with E-state index < -0.39 is 6.10 Å². The Morgan fingerprint density at radius 2 is 1.46 bits per heavy atom. The van der Waals surface area contributed by atoms with Crippen molar-refractivity contribution in [3.63, 3.8) is 0 Å². The molecule has 1 aliphatic heterocycles. The van der Waals surface area contributed by atoms with E-state index in [-0.39, 0.29) is 12.5 Å². The van der Waals surface area contributed by atoms with Gasteiger partial charge in [0, 0.05) is 38.4 Å². The second kappa shape index (κ2) is 12.4. The highest BCUT2D eigenvalue weighted by Gasteiger charge is 2.21. The molecule has 2 N–H and O–H groups in total. The van der Waals surface area contributed by atoms with Crippen molar-refractivity contribution in [2.75, 3.05) is 51.2 Å². The Morgan fingerprint density at radius 1 is 0.857 bits per heavy atom. The average Bonchev–Trinajstić information content (AvgIpc) is 2.87. The van der Waals surface area contributed by atoms with Crippen LogP contribution in [-0.2, 0) is 4.79 Å². The first-order chi connectivity index (χ1) is 17.0. The Hall–Kier alpha value is -3.39. The summed E-state index contributed by atoms with van der Waals surface area (Å²) in [5.41, 5.74) is 1.98. The first-order valence-corrected chi connectivity index (χ1v) is 12.0. The molecule has 0 saturated carbocycles. The number of β-amino-alcohol motifs (C(OH)–C–C–N with tert-alkyl or cyclic N) is 1. The third kappa shape index (κ3) is 8.10. The number of rotatable bonds is 10. The van der Waals surface area contributed by atoms with Crippen LogP contribution in [0.15, 0.2) is 78.9 Å². The van der Waals surface area contributed by atoms with Crippen LogP contribution in [0.5, 0.6) is 17.2 Å². The zero-order valence-corrected chi connectivity index (χ0v) is 20.1. The first-order valence-electron chi connectivity index (χ1n) is 12.0. The number of carbonyl (C=O) groups is 1. The summed E-state index contributed by atoms with van der Waals surface area (Å²) in [4.78, 5) is 16.7. The van der Waals surface area contributed by atoms with Crippen molar-refractivity contribution in [3.8, 4) is 17.2 Å². The minimum Gasteiger partial charge on any atom is -0.491 e. The fraction of sp³-hybridized carbons (Fsp3) is 0.321. The van der Waals surface area contributed by atoms with Crippen LogP contribution in [-0.4, -0.2) is 72.8 Å². The van der Waals surface area contributed by atoms with E-state index >= 15 is 0 Å².